The Morgan fingerprint density at radius 2 is 0.897 bits per heavy atom. The molecule has 0 radical (unpaired) electrons. The smallest absolute Gasteiger partial charge is 0.288 e. The third-order valence-corrected chi connectivity index (χ3v) is 21.1. The van der Waals surface area contributed by atoms with E-state index in [1.807, 2.05) is 0 Å². The Kier molecular flexibility index (Phi) is 7.41. The molecule has 2 aromatic rings. The molecule has 0 spiro atoms. The molecule has 58 heavy (non-hydrogen) atoms. The minimum atomic E-state index is 0.341. The van der Waals surface area contributed by atoms with Crippen molar-refractivity contribution in [3.05, 3.63) is 60.7 Å². The standard InChI is InChI=1S/C50H64B2N4O2/c1-25-23-37-47-43(27(25)3)53-49-55(47)45-35(51(37)29-11-7-5-8-12-29)19-15-33-31(17-21-39(57-49)41(33)45)32-18-22-40-42-34(32)16-20-36-46(42)56-48-38(52(36)30-13-9-6-10-14-30)24-26(2)28(4)44(48)54-50(56)58-40/h5-14,25-28,31-48H,15-24H2,1-4H3. The summed E-state index contributed by atoms with van der Waals surface area (Å²) >= 11 is 0. The molecule has 6 nitrogen and oxygen atoms in total. The zero-order chi connectivity index (χ0) is 38.3. The van der Waals surface area contributed by atoms with E-state index in [-0.39, 0.29) is 0 Å². The van der Waals surface area contributed by atoms with Crippen LogP contribution in [-0.2, 0) is 9.47 Å². The molecule has 12 aliphatic rings. The Balaban J connectivity index is 0.823. The summed E-state index contributed by atoms with van der Waals surface area (Å²) in [4.78, 5) is 17.0. The van der Waals surface area contributed by atoms with Crippen LogP contribution in [-0.4, -0.2) is 83.7 Å². The van der Waals surface area contributed by atoms with Crippen molar-refractivity contribution >= 4 is 36.4 Å². The van der Waals surface area contributed by atoms with Gasteiger partial charge in [0.05, 0.1) is 24.2 Å². The molecule has 4 saturated heterocycles. The average molecular weight is 775 g/mol. The van der Waals surface area contributed by atoms with Crippen LogP contribution in [0.25, 0.3) is 0 Å². The van der Waals surface area contributed by atoms with Gasteiger partial charge in [-0.25, -0.2) is 9.98 Å². The van der Waals surface area contributed by atoms with Crippen LogP contribution in [0.1, 0.15) is 91.9 Å². The topological polar surface area (TPSA) is 49.7 Å². The van der Waals surface area contributed by atoms with Crippen molar-refractivity contribution in [3.63, 3.8) is 0 Å². The van der Waals surface area contributed by atoms with Crippen LogP contribution in [0.15, 0.2) is 70.6 Å². The molecule has 6 heterocycles. The molecule has 10 fully saturated rings. The van der Waals surface area contributed by atoms with Gasteiger partial charge >= 0.3 is 0 Å². The molecular formula is C50H64B2N4O2. The first-order chi connectivity index (χ1) is 28.4. The molecule has 14 rings (SSSR count). The molecule has 6 aliphatic heterocycles. The monoisotopic (exact) mass is 775 g/mol. The normalized spacial score (nSPS) is 52.1. The highest BCUT2D eigenvalue weighted by molar-refractivity contribution is 6.77. The van der Waals surface area contributed by atoms with Crippen LogP contribution in [0.2, 0.25) is 23.3 Å². The predicted molar refractivity (Wildman–Crippen MR) is 233 cm³/mol. The maximum Gasteiger partial charge on any atom is 0.288 e. The van der Waals surface area contributed by atoms with Crippen LogP contribution in [0.4, 0.5) is 0 Å². The van der Waals surface area contributed by atoms with Crippen molar-refractivity contribution in [3.8, 4) is 0 Å². The van der Waals surface area contributed by atoms with E-state index in [0.29, 0.717) is 121 Å². The molecule has 0 N–H and O–H groups in total. The predicted octanol–water partition coefficient (Wildman–Crippen LogP) is 7.88. The molecular weight excluding hydrogens is 710 g/mol. The van der Waals surface area contributed by atoms with Gasteiger partial charge < -0.3 is 19.3 Å². The summed E-state index contributed by atoms with van der Waals surface area (Å²) < 4.78 is 14.5. The largest absolute Gasteiger partial charge is 0.461 e. The molecule has 302 valence electrons. The molecule has 22 atom stereocenters. The summed E-state index contributed by atoms with van der Waals surface area (Å²) in [7, 11) is 0. The molecule has 2 aromatic carbocycles. The minimum absolute atomic E-state index is 0.341. The summed E-state index contributed by atoms with van der Waals surface area (Å²) in [5.74, 6) is 9.76. The van der Waals surface area contributed by atoms with E-state index in [1.165, 1.54) is 64.2 Å². The lowest BCUT2D eigenvalue weighted by Crippen LogP contribution is -2.74. The van der Waals surface area contributed by atoms with Gasteiger partial charge in [-0.2, -0.15) is 0 Å². The molecule has 6 aliphatic carbocycles. The Bertz CT molecular complexity index is 1890. The van der Waals surface area contributed by atoms with E-state index in [9.17, 15) is 0 Å². The fourth-order valence-electron chi connectivity index (χ4n) is 18.9. The zero-order valence-electron chi connectivity index (χ0n) is 35.3. The number of aliphatic imine (C=N–C) groups is 2. The van der Waals surface area contributed by atoms with Gasteiger partial charge in [-0.05, 0) is 109 Å². The first kappa shape index (κ1) is 34.8. The van der Waals surface area contributed by atoms with E-state index in [0.717, 1.165) is 35.7 Å². The second kappa shape index (κ2) is 12.4. The van der Waals surface area contributed by atoms with Gasteiger partial charge in [-0.3, -0.25) is 0 Å². The quantitative estimate of drug-likeness (QED) is 0.298. The number of benzene rings is 2. The van der Waals surface area contributed by atoms with Gasteiger partial charge in [-0.1, -0.05) is 125 Å². The highest BCUT2D eigenvalue weighted by atomic mass is 16.5. The van der Waals surface area contributed by atoms with Crippen molar-refractivity contribution in [1.82, 2.24) is 9.80 Å². The second-order valence-electron chi connectivity index (χ2n) is 22.7. The maximum atomic E-state index is 7.26. The lowest BCUT2D eigenvalue weighted by molar-refractivity contribution is -0.148. The van der Waals surface area contributed by atoms with Gasteiger partial charge in [0.2, 0.25) is 0 Å². The van der Waals surface area contributed by atoms with Crippen molar-refractivity contribution in [2.24, 2.45) is 69.2 Å². The summed E-state index contributed by atoms with van der Waals surface area (Å²) in [5, 5.41) is 0. The highest BCUT2D eigenvalue weighted by Gasteiger charge is 2.71. The number of ether oxygens (including phenoxy) is 2. The lowest BCUT2D eigenvalue weighted by Gasteiger charge is -2.67. The number of amidine groups is 2. The van der Waals surface area contributed by atoms with Crippen molar-refractivity contribution in [2.45, 2.75) is 164 Å². The number of nitrogens with zero attached hydrogens (tertiary/aromatic N) is 4. The Morgan fingerprint density at radius 3 is 1.33 bits per heavy atom. The zero-order valence-corrected chi connectivity index (χ0v) is 35.3. The Hall–Kier alpha value is -2.89. The molecule has 0 bridgehead atoms. The van der Waals surface area contributed by atoms with Crippen molar-refractivity contribution in [2.75, 3.05) is 0 Å². The summed E-state index contributed by atoms with van der Waals surface area (Å²) in [6, 6.07) is 28.8. The molecule has 22 unspecified atom stereocenters. The minimum Gasteiger partial charge on any atom is -0.461 e. The fourth-order valence-corrected chi connectivity index (χ4v) is 18.9. The van der Waals surface area contributed by atoms with E-state index in [1.54, 1.807) is 10.9 Å². The number of hydrogen-bond donors (Lipinski definition) is 0. The maximum absolute atomic E-state index is 7.26. The van der Waals surface area contributed by atoms with Crippen LogP contribution >= 0.6 is 0 Å². The van der Waals surface area contributed by atoms with Gasteiger partial charge in [0.25, 0.3) is 12.0 Å². The molecule has 8 heteroatoms. The van der Waals surface area contributed by atoms with Crippen LogP contribution in [0.3, 0.4) is 0 Å². The number of hydrogen-bond acceptors (Lipinski definition) is 6. The summed E-state index contributed by atoms with van der Waals surface area (Å²) in [6.45, 7) is 11.3. The Morgan fingerprint density at radius 1 is 0.483 bits per heavy atom. The first-order valence-corrected chi connectivity index (χ1v) is 24.6. The fraction of sp³-hybridized carbons (Fsp3) is 0.720. The van der Waals surface area contributed by atoms with E-state index in [4.69, 9.17) is 19.5 Å². The van der Waals surface area contributed by atoms with Gasteiger partial charge in [-0.15, -0.1) is 0 Å². The van der Waals surface area contributed by atoms with Crippen LogP contribution in [0.5, 0.6) is 0 Å². The third kappa shape index (κ3) is 4.40. The van der Waals surface area contributed by atoms with Gasteiger partial charge in [0.1, 0.15) is 12.2 Å². The first-order valence-electron chi connectivity index (χ1n) is 24.6. The summed E-state index contributed by atoms with van der Waals surface area (Å²) in [6.07, 6.45) is 14.0. The third-order valence-electron chi connectivity index (χ3n) is 21.1. The highest BCUT2D eigenvalue weighted by Crippen LogP contribution is 2.67. The van der Waals surface area contributed by atoms with Gasteiger partial charge in [0, 0.05) is 23.9 Å². The van der Waals surface area contributed by atoms with Crippen molar-refractivity contribution in [1.29, 1.82) is 0 Å². The number of rotatable bonds is 3. The van der Waals surface area contributed by atoms with E-state index >= 15 is 0 Å². The lowest BCUT2D eigenvalue weighted by atomic mass is 9.22. The second-order valence-corrected chi connectivity index (χ2v) is 22.7. The van der Waals surface area contributed by atoms with E-state index in [2.05, 4.69) is 98.2 Å². The summed E-state index contributed by atoms with van der Waals surface area (Å²) in [5.41, 5.74) is 3.23. The van der Waals surface area contributed by atoms with Gasteiger partial charge in [0.15, 0.2) is 13.4 Å². The van der Waals surface area contributed by atoms with Crippen molar-refractivity contribution < 1.29 is 9.47 Å². The SMILES string of the molecule is CC1CC2B(c3ccccc3)C3CCC4C(C5CCC6OC7=NC8C(C)C(C)CC9B(c%10ccccc%10)C%10CCC5C6C%10N7C98)CCC5OC6=NC(C1C)C2N6C3C54. The Labute approximate surface area is 347 Å². The molecule has 0 aromatic heterocycles. The van der Waals surface area contributed by atoms with Crippen LogP contribution < -0.4 is 10.9 Å². The molecule has 6 saturated carbocycles. The van der Waals surface area contributed by atoms with Crippen LogP contribution in [0, 0.1) is 59.2 Å². The van der Waals surface area contributed by atoms with E-state index < -0.39 is 0 Å². The average Bonchev–Trinajstić information content (AvgIpc) is 3.84. The molecule has 0 amide bonds.